The summed E-state index contributed by atoms with van der Waals surface area (Å²) in [6.45, 7) is 2.15. The SMILES string of the molecule is CC(=O)N1C=Cc2ccccc2[C@H]1CC(=O)Nc1cccc(Cn2cccn2)c1. The highest BCUT2D eigenvalue weighted by atomic mass is 16.2. The number of hydrogen-bond donors (Lipinski definition) is 1. The highest BCUT2D eigenvalue weighted by Crippen LogP contribution is 2.33. The van der Waals surface area contributed by atoms with Crippen LogP contribution in [-0.4, -0.2) is 26.5 Å². The van der Waals surface area contributed by atoms with Gasteiger partial charge in [0.25, 0.3) is 0 Å². The number of carbonyl (C=O) groups excluding carboxylic acids is 2. The third-order valence-electron chi connectivity index (χ3n) is 4.96. The first-order chi connectivity index (χ1) is 14.1. The van der Waals surface area contributed by atoms with Gasteiger partial charge in [0.2, 0.25) is 11.8 Å². The van der Waals surface area contributed by atoms with Crippen molar-refractivity contribution >= 4 is 23.6 Å². The van der Waals surface area contributed by atoms with Gasteiger partial charge in [-0.15, -0.1) is 0 Å². The highest BCUT2D eigenvalue weighted by molar-refractivity contribution is 5.92. The molecule has 4 rings (SSSR count). The lowest BCUT2D eigenvalue weighted by Gasteiger charge is -2.32. The number of rotatable bonds is 5. The van der Waals surface area contributed by atoms with Gasteiger partial charge in [-0.2, -0.15) is 5.10 Å². The minimum atomic E-state index is -0.319. The van der Waals surface area contributed by atoms with Crippen molar-refractivity contribution in [1.29, 1.82) is 0 Å². The lowest BCUT2D eigenvalue weighted by Crippen LogP contribution is -2.33. The molecule has 2 aromatic carbocycles. The maximum absolute atomic E-state index is 12.8. The molecule has 0 fully saturated rings. The molecule has 0 radical (unpaired) electrons. The third-order valence-corrected chi connectivity index (χ3v) is 4.96. The Bertz CT molecular complexity index is 1060. The molecule has 146 valence electrons. The van der Waals surface area contributed by atoms with Crippen LogP contribution in [0.5, 0.6) is 0 Å². The molecule has 0 aliphatic carbocycles. The van der Waals surface area contributed by atoms with Gasteiger partial charge in [-0.3, -0.25) is 14.3 Å². The van der Waals surface area contributed by atoms with Crippen molar-refractivity contribution in [3.63, 3.8) is 0 Å². The molecular formula is C23H22N4O2. The minimum Gasteiger partial charge on any atom is -0.326 e. The molecule has 29 heavy (non-hydrogen) atoms. The fourth-order valence-corrected chi connectivity index (χ4v) is 3.63. The summed E-state index contributed by atoms with van der Waals surface area (Å²) in [5, 5.41) is 7.18. The summed E-state index contributed by atoms with van der Waals surface area (Å²) in [5.41, 5.74) is 3.79. The van der Waals surface area contributed by atoms with Crippen molar-refractivity contribution in [3.05, 3.63) is 89.9 Å². The summed E-state index contributed by atoms with van der Waals surface area (Å²) in [4.78, 5) is 26.5. The lowest BCUT2D eigenvalue weighted by molar-refractivity contribution is -0.129. The largest absolute Gasteiger partial charge is 0.326 e. The van der Waals surface area contributed by atoms with E-state index < -0.39 is 0 Å². The maximum Gasteiger partial charge on any atom is 0.226 e. The number of benzene rings is 2. The van der Waals surface area contributed by atoms with E-state index >= 15 is 0 Å². The molecule has 0 saturated heterocycles. The van der Waals surface area contributed by atoms with E-state index in [0.717, 1.165) is 22.4 Å². The van der Waals surface area contributed by atoms with Gasteiger partial charge in [0, 0.05) is 31.2 Å². The molecule has 1 atom stereocenters. The Hall–Kier alpha value is -3.67. The van der Waals surface area contributed by atoms with Gasteiger partial charge in [-0.05, 0) is 41.0 Å². The second-order valence-corrected chi connectivity index (χ2v) is 7.04. The fraction of sp³-hybridized carbons (Fsp3) is 0.174. The predicted octanol–water partition coefficient (Wildman–Crippen LogP) is 3.83. The highest BCUT2D eigenvalue weighted by Gasteiger charge is 2.28. The van der Waals surface area contributed by atoms with Gasteiger partial charge < -0.3 is 10.2 Å². The zero-order valence-corrected chi connectivity index (χ0v) is 16.2. The summed E-state index contributed by atoms with van der Waals surface area (Å²) in [6, 6.07) is 17.1. The summed E-state index contributed by atoms with van der Waals surface area (Å²) < 4.78 is 1.83. The van der Waals surface area contributed by atoms with Crippen LogP contribution in [0.4, 0.5) is 5.69 Å². The Morgan fingerprint density at radius 3 is 2.76 bits per heavy atom. The molecule has 2 amide bonds. The second kappa shape index (κ2) is 8.14. The molecule has 1 aliphatic heterocycles. The van der Waals surface area contributed by atoms with Gasteiger partial charge >= 0.3 is 0 Å². The zero-order valence-electron chi connectivity index (χ0n) is 16.2. The number of hydrogen-bond acceptors (Lipinski definition) is 3. The Morgan fingerprint density at radius 2 is 1.97 bits per heavy atom. The molecule has 3 aromatic rings. The van der Waals surface area contributed by atoms with Crippen molar-refractivity contribution in [1.82, 2.24) is 14.7 Å². The van der Waals surface area contributed by atoms with E-state index in [4.69, 9.17) is 0 Å². The van der Waals surface area contributed by atoms with E-state index in [2.05, 4.69) is 10.4 Å². The number of nitrogens with one attached hydrogen (secondary N) is 1. The van der Waals surface area contributed by atoms with Gasteiger partial charge in [0.1, 0.15) is 0 Å². The number of anilines is 1. The van der Waals surface area contributed by atoms with Crippen LogP contribution >= 0.6 is 0 Å². The summed E-state index contributed by atoms with van der Waals surface area (Å²) in [6.07, 6.45) is 7.49. The molecule has 1 aromatic heterocycles. The molecule has 6 heteroatoms. The molecular weight excluding hydrogens is 364 g/mol. The summed E-state index contributed by atoms with van der Waals surface area (Å²) >= 11 is 0. The Balaban J connectivity index is 1.49. The first-order valence-electron chi connectivity index (χ1n) is 9.52. The average Bonchev–Trinajstić information content (AvgIpc) is 3.21. The molecule has 1 aliphatic rings. The van der Waals surface area contributed by atoms with Crippen LogP contribution in [-0.2, 0) is 16.1 Å². The maximum atomic E-state index is 12.8. The van der Waals surface area contributed by atoms with E-state index in [-0.39, 0.29) is 24.3 Å². The Labute approximate surface area is 169 Å². The molecule has 0 bridgehead atoms. The van der Waals surface area contributed by atoms with Crippen LogP contribution in [0, 0.1) is 0 Å². The topological polar surface area (TPSA) is 67.2 Å². The second-order valence-electron chi connectivity index (χ2n) is 7.04. The van der Waals surface area contributed by atoms with E-state index in [9.17, 15) is 9.59 Å². The number of fused-ring (bicyclic) bond motifs is 1. The van der Waals surface area contributed by atoms with Gasteiger partial charge in [0.15, 0.2) is 0 Å². The van der Waals surface area contributed by atoms with Crippen LogP contribution in [0.25, 0.3) is 6.08 Å². The molecule has 2 heterocycles. The van der Waals surface area contributed by atoms with E-state index in [1.165, 1.54) is 6.92 Å². The molecule has 6 nitrogen and oxygen atoms in total. The zero-order chi connectivity index (χ0) is 20.2. The van der Waals surface area contributed by atoms with E-state index in [0.29, 0.717) is 6.54 Å². The normalized spacial score (nSPS) is 15.1. The van der Waals surface area contributed by atoms with Crippen LogP contribution < -0.4 is 5.32 Å². The summed E-state index contributed by atoms with van der Waals surface area (Å²) in [5.74, 6) is -0.225. The standard InChI is InChI=1S/C23H22N4O2/c1-17(28)27-13-10-19-7-2-3-9-21(19)22(27)15-23(29)25-20-8-4-6-18(14-20)16-26-12-5-11-24-26/h2-14,22H,15-16H2,1H3,(H,25,29)/t22-/m1/s1. The number of amides is 2. The van der Waals surface area contributed by atoms with E-state index in [1.807, 2.05) is 71.6 Å². The van der Waals surface area contributed by atoms with Crippen molar-refractivity contribution < 1.29 is 9.59 Å². The molecule has 0 unspecified atom stereocenters. The lowest BCUT2D eigenvalue weighted by atomic mass is 9.93. The number of aromatic nitrogens is 2. The van der Waals surface area contributed by atoms with Crippen LogP contribution in [0.3, 0.4) is 0 Å². The molecule has 0 saturated carbocycles. The van der Waals surface area contributed by atoms with Crippen LogP contribution in [0.2, 0.25) is 0 Å². The first-order valence-corrected chi connectivity index (χ1v) is 9.52. The fourth-order valence-electron chi connectivity index (χ4n) is 3.63. The van der Waals surface area contributed by atoms with Gasteiger partial charge in [-0.1, -0.05) is 36.4 Å². The monoisotopic (exact) mass is 386 g/mol. The predicted molar refractivity (Wildman–Crippen MR) is 112 cm³/mol. The Morgan fingerprint density at radius 1 is 1.10 bits per heavy atom. The quantitative estimate of drug-likeness (QED) is 0.725. The smallest absolute Gasteiger partial charge is 0.226 e. The van der Waals surface area contributed by atoms with Gasteiger partial charge in [0.05, 0.1) is 19.0 Å². The van der Waals surface area contributed by atoms with Gasteiger partial charge in [-0.25, -0.2) is 0 Å². The van der Waals surface area contributed by atoms with Crippen molar-refractivity contribution in [2.75, 3.05) is 5.32 Å². The number of carbonyl (C=O) groups is 2. The molecule has 0 spiro atoms. The van der Waals surface area contributed by atoms with Crippen LogP contribution in [0.15, 0.2) is 73.2 Å². The van der Waals surface area contributed by atoms with Crippen molar-refractivity contribution in [2.24, 2.45) is 0 Å². The first kappa shape index (κ1) is 18.7. The Kier molecular flexibility index (Phi) is 5.24. The van der Waals surface area contributed by atoms with Crippen LogP contribution in [0.1, 0.15) is 36.1 Å². The van der Waals surface area contributed by atoms with E-state index in [1.54, 1.807) is 17.3 Å². The van der Waals surface area contributed by atoms with Crippen molar-refractivity contribution in [2.45, 2.75) is 25.9 Å². The minimum absolute atomic E-state index is 0.0882. The average molecular weight is 386 g/mol. The number of nitrogens with zero attached hydrogens (tertiary/aromatic N) is 3. The third kappa shape index (κ3) is 4.27. The molecule has 1 N–H and O–H groups in total. The van der Waals surface area contributed by atoms with Crippen molar-refractivity contribution in [3.8, 4) is 0 Å². The summed E-state index contributed by atoms with van der Waals surface area (Å²) in [7, 11) is 0.